The molecule has 0 spiro atoms. The fourth-order valence-corrected chi connectivity index (χ4v) is 4.64. The van der Waals surface area contributed by atoms with Crippen LogP contribution in [0.15, 0.2) is 28.8 Å². The van der Waals surface area contributed by atoms with E-state index in [0.717, 1.165) is 16.7 Å². The lowest BCUT2D eigenvalue weighted by Crippen LogP contribution is -2.15. The summed E-state index contributed by atoms with van der Waals surface area (Å²) in [6.45, 7) is 3.87. The number of fused-ring (bicyclic) bond motifs is 1. The maximum atomic E-state index is 12.2. The minimum absolute atomic E-state index is 0.0451. The van der Waals surface area contributed by atoms with Crippen molar-refractivity contribution in [2.24, 2.45) is 7.05 Å². The van der Waals surface area contributed by atoms with Crippen molar-refractivity contribution in [2.45, 2.75) is 19.1 Å². The lowest BCUT2D eigenvalue weighted by atomic mass is 9.98. The van der Waals surface area contributed by atoms with Gasteiger partial charge in [0.15, 0.2) is 0 Å². The number of thioether (sulfide) groups is 1. The highest BCUT2D eigenvalue weighted by Crippen LogP contribution is 2.46. The Morgan fingerprint density at radius 3 is 2.85 bits per heavy atom. The molecular weight excluding hydrogens is 372 g/mol. The van der Waals surface area contributed by atoms with Crippen LogP contribution in [0.2, 0.25) is 5.02 Å². The SMILES string of the molecule is Cc1cc(-c2nn(C)c3c2C(c2ccc(Cl)cc2C)SCC(=O)N3)no1. The Morgan fingerprint density at radius 1 is 1.35 bits per heavy atom. The van der Waals surface area contributed by atoms with Gasteiger partial charge in [-0.1, -0.05) is 22.8 Å². The molecule has 2 aromatic heterocycles. The number of carbonyl (C=O) groups is 1. The van der Waals surface area contributed by atoms with Crippen molar-refractivity contribution in [2.75, 3.05) is 11.1 Å². The fraction of sp³-hybridized carbons (Fsp3) is 0.278. The van der Waals surface area contributed by atoms with Crippen LogP contribution in [0.4, 0.5) is 5.82 Å². The summed E-state index contributed by atoms with van der Waals surface area (Å²) < 4.78 is 6.93. The highest BCUT2D eigenvalue weighted by atomic mass is 35.5. The molecular formula is C18H17ClN4O2S. The van der Waals surface area contributed by atoms with E-state index in [1.807, 2.05) is 45.2 Å². The lowest BCUT2D eigenvalue weighted by Gasteiger charge is -2.18. The van der Waals surface area contributed by atoms with E-state index in [0.29, 0.717) is 33.7 Å². The van der Waals surface area contributed by atoms with Crippen molar-refractivity contribution in [3.05, 3.63) is 51.7 Å². The summed E-state index contributed by atoms with van der Waals surface area (Å²) in [7, 11) is 1.82. The number of hydrogen-bond acceptors (Lipinski definition) is 5. The van der Waals surface area contributed by atoms with Gasteiger partial charge in [0.2, 0.25) is 5.91 Å². The third-order valence-electron chi connectivity index (χ3n) is 4.37. The van der Waals surface area contributed by atoms with Crippen molar-refractivity contribution in [1.29, 1.82) is 0 Å². The van der Waals surface area contributed by atoms with Crippen molar-refractivity contribution >= 4 is 35.1 Å². The molecule has 0 saturated carbocycles. The van der Waals surface area contributed by atoms with Crippen LogP contribution in [0.25, 0.3) is 11.4 Å². The van der Waals surface area contributed by atoms with Gasteiger partial charge in [0.25, 0.3) is 0 Å². The van der Waals surface area contributed by atoms with E-state index >= 15 is 0 Å². The second-order valence-electron chi connectivity index (χ2n) is 6.30. The Hall–Kier alpha value is -2.25. The first-order chi connectivity index (χ1) is 12.4. The van der Waals surface area contributed by atoms with Crippen LogP contribution in [-0.2, 0) is 11.8 Å². The summed E-state index contributed by atoms with van der Waals surface area (Å²) in [4.78, 5) is 12.2. The Morgan fingerprint density at radius 2 is 2.15 bits per heavy atom. The van der Waals surface area contributed by atoms with Gasteiger partial charge in [-0.3, -0.25) is 9.48 Å². The van der Waals surface area contributed by atoms with Crippen molar-refractivity contribution in [3.63, 3.8) is 0 Å². The number of aromatic nitrogens is 3. The van der Waals surface area contributed by atoms with E-state index in [-0.39, 0.29) is 11.2 Å². The van der Waals surface area contributed by atoms with Gasteiger partial charge >= 0.3 is 0 Å². The third-order valence-corrected chi connectivity index (χ3v) is 5.86. The predicted octanol–water partition coefficient (Wildman–Crippen LogP) is 4.12. The van der Waals surface area contributed by atoms with Gasteiger partial charge in [-0.25, -0.2) is 0 Å². The quantitative estimate of drug-likeness (QED) is 0.714. The number of nitrogens with one attached hydrogen (secondary N) is 1. The van der Waals surface area contributed by atoms with Gasteiger partial charge in [0.1, 0.15) is 23.0 Å². The Balaban J connectivity index is 1.95. The average Bonchev–Trinajstić information content (AvgIpc) is 3.09. The molecule has 1 amide bonds. The standard InChI is InChI=1S/C18H17ClN4O2S/c1-9-6-11(19)4-5-12(9)17-15-16(13-7-10(2)25-22-13)21-23(3)18(15)20-14(24)8-26-17/h4-7,17H,8H2,1-3H3,(H,20,24). The molecule has 6 nitrogen and oxygen atoms in total. The molecule has 4 rings (SSSR count). The number of aryl methyl sites for hydroxylation is 3. The fourth-order valence-electron chi connectivity index (χ4n) is 3.19. The van der Waals surface area contributed by atoms with E-state index in [1.54, 1.807) is 16.4 Å². The van der Waals surface area contributed by atoms with E-state index in [9.17, 15) is 4.79 Å². The first-order valence-electron chi connectivity index (χ1n) is 8.12. The van der Waals surface area contributed by atoms with E-state index < -0.39 is 0 Å². The zero-order chi connectivity index (χ0) is 18.4. The Kier molecular flexibility index (Phi) is 4.28. The van der Waals surface area contributed by atoms with Crippen LogP contribution in [0, 0.1) is 13.8 Å². The molecule has 26 heavy (non-hydrogen) atoms. The van der Waals surface area contributed by atoms with E-state index in [1.165, 1.54) is 0 Å². The largest absolute Gasteiger partial charge is 0.361 e. The summed E-state index contributed by atoms with van der Waals surface area (Å²) in [5.41, 5.74) is 4.48. The van der Waals surface area contributed by atoms with Crippen LogP contribution in [0.1, 0.15) is 27.7 Å². The van der Waals surface area contributed by atoms with Crippen LogP contribution >= 0.6 is 23.4 Å². The molecule has 1 unspecified atom stereocenters. The summed E-state index contributed by atoms with van der Waals surface area (Å²) in [6, 6.07) is 7.68. The van der Waals surface area contributed by atoms with Crippen molar-refractivity contribution in [1.82, 2.24) is 14.9 Å². The summed E-state index contributed by atoms with van der Waals surface area (Å²) in [6.07, 6.45) is 0. The third kappa shape index (κ3) is 2.91. The second kappa shape index (κ2) is 6.48. The molecule has 0 saturated heterocycles. The highest BCUT2D eigenvalue weighted by molar-refractivity contribution is 8.00. The van der Waals surface area contributed by atoms with E-state index in [2.05, 4.69) is 15.6 Å². The average molecular weight is 389 g/mol. The summed E-state index contributed by atoms with van der Waals surface area (Å²) in [5, 5.41) is 12.3. The van der Waals surface area contributed by atoms with Crippen LogP contribution in [0.5, 0.6) is 0 Å². The minimum atomic E-state index is -0.0677. The number of rotatable bonds is 2. The maximum absolute atomic E-state index is 12.2. The molecule has 1 aliphatic heterocycles. The van der Waals surface area contributed by atoms with Gasteiger partial charge in [0, 0.05) is 23.7 Å². The van der Waals surface area contributed by atoms with Crippen molar-refractivity contribution < 1.29 is 9.32 Å². The number of halogens is 1. The number of hydrogen-bond donors (Lipinski definition) is 1. The second-order valence-corrected chi connectivity index (χ2v) is 7.83. The molecule has 0 bridgehead atoms. The normalized spacial score (nSPS) is 16.9. The van der Waals surface area contributed by atoms with Gasteiger partial charge in [-0.15, -0.1) is 11.8 Å². The molecule has 0 fully saturated rings. The van der Waals surface area contributed by atoms with Crippen molar-refractivity contribution in [3.8, 4) is 11.4 Å². The highest BCUT2D eigenvalue weighted by Gasteiger charge is 2.33. The maximum Gasteiger partial charge on any atom is 0.235 e. The van der Waals surface area contributed by atoms with Gasteiger partial charge < -0.3 is 9.84 Å². The first-order valence-corrected chi connectivity index (χ1v) is 9.55. The molecule has 1 N–H and O–H groups in total. The lowest BCUT2D eigenvalue weighted by molar-refractivity contribution is -0.113. The van der Waals surface area contributed by atoms with Crippen LogP contribution in [-0.4, -0.2) is 26.6 Å². The predicted molar refractivity (Wildman–Crippen MR) is 103 cm³/mol. The van der Waals surface area contributed by atoms with Gasteiger partial charge in [-0.05, 0) is 37.1 Å². The molecule has 3 aromatic rings. The van der Waals surface area contributed by atoms with Gasteiger partial charge in [0.05, 0.1) is 11.0 Å². The number of amides is 1. The molecule has 0 radical (unpaired) electrons. The molecule has 1 aromatic carbocycles. The number of nitrogens with zero attached hydrogens (tertiary/aromatic N) is 3. The summed E-state index contributed by atoms with van der Waals surface area (Å²) in [5.74, 6) is 1.72. The zero-order valence-electron chi connectivity index (χ0n) is 14.5. The zero-order valence-corrected chi connectivity index (χ0v) is 16.1. The number of anilines is 1. The Bertz CT molecular complexity index is 1010. The monoisotopic (exact) mass is 388 g/mol. The molecule has 1 aliphatic rings. The van der Waals surface area contributed by atoms with E-state index in [4.69, 9.17) is 16.1 Å². The molecule has 8 heteroatoms. The number of carbonyl (C=O) groups excluding carboxylic acids is 1. The molecule has 1 atom stereocenters. The smallest absolute Gasteiger partial charge is 0.235 e. The summed E-state index contributed by atoms with van der Waals surface area (Å²) >= 11 is 7.70. The number of benzene rings is 1. The topological polar surface area (TPSA) is 73.0 Å². The van der Waals surface area contributed by atoms with Crippen LogP contribution in [0.3, 0.4) is 0 Å². The molecule has 0 aliphatic carbocycles. The molecule has 134 valence electrons. The molecule has 3 heterocycles. The first kappa shape index (κ1) is 17.2. The Labute approximate surface area is 159 Å². The van der Waals surface area contributed by atoms with Gasteiger partial charge in [-0.2, -0.15) is 5.10 Å². The minimum Gasteiger partial charge on any atom is -0.361 e. The van der Waals surface area contributed by atoms with Crippen LogP contribution < -0.4 is 5.32 Å².